The van der Waals surface area contributed by atoms with Crippen LogP contribution in [-0.4, -0.2) is 22.2 Å². The maximum absolute atomic E-state index is 10.2. The summed E-state index contributed by atoms with van der Waals surface area (Å²) in [6, 6.07) is 0. The Balaban J connectivity index is 3.99. The Morgan fingerprint density at radius 2 is 1.67 bits per heavy atom. The fourth-order valence-corrected chi connectivity index (χ4v) is 0.754. The van der Waals surface area contributed by atoms with Crippen LogP contribution < -0.4 is 0 Å². The van der Waals surface area contributed by atoms with Gasteiger partial charge in [-0.05, 0) is 30.1 Å². The highest BCUT2D eigenvalue weighted by Crippen LogP contribution is 2.00. The molecule has 52 valence electrons. The van der Waals surface area contributed by atoms with E-state index in [4.69, 9.17) is 23.2 Å². The Morgan fingerprint density at radius 1 is 1.33 bits per heavy atom. The Labute approximate surface area is 62.5 Å². The van der Waals surface area contributed by atoms with Crippen LogP contribution in [0.4, 0.5) is 9.59 Å². The fraction of sp³-hybridized carbons (Fsp3) is 0.500. The largest absolute Gasteiger partial charge is 0.323 e. The fourth-order valence-electron chi connectivity index (χ4n) is 0.318. The molecule has 0 rings (SSSR count). The summed E-state index contributed by atoms with van der Waals surface area (Å²) in [4.78, 5) is 21.1. The van der Waals surface area contributed by atoms with Crippen LogP contribution >= 0.6 is 23.2 Å². The lowest BCUT2D eigenvalue weighted by molar-refractivity contribution is 0.216. The van der Waals surface area contributed by atoms with Crippen LogP contribution in [0.25, 0.3) is 0 Å². The quantitative estimate of drug-likeness (QED) is 0.445. The van der Waals surface area contributed by atoms with Gasteiger partial charge in [-0.3, -0.25) is 14.5 Å². The zero-order valence-corrected chi connectivity index (χ0v) is 6.24. The van der Waals surface area contributed by atoms with Crippen LogP contribution in [-0.2, 0) is 0 Å². The van der Waals surface area contributed by atoms with Gasteiger partial charge in [-0.15, -0.1) is 0 Å². The lowest BCUT2D eigenvalue weighted by Gasteiger charge is -2.08. The van der Waals surface area contributed by atoms with Crippen molar-refractivity contribution >= 4 is 33.9 Å². The number of imide groups is 1. The predicted octanol–water partition coefficient (Wildman–Crippen LogP) is 2.03. The van der Waals surface area contributed by atoms with Crippen molar-refractivity contribution in [1.29, 1.82) is 0 Å². The molecule has 0 aliphatic carbocycles. The minimum absolute atomic E-state index is 0.199. The third kappa shape index (κ3) is 2.67. The van der Waals surface area contributed by atoms with E-state index in [2.05, 4.69) is 0 Å². The Bertz CT molecular complexity index is 123. The molecule has 0 fully saturated rings. The van der Waals surface area contributed by atoms with Crippen LogP contribution in [0.1, 0.15) is 6.92 Å². The molecule has 0 aromatic carbocycles. The highest BCUT2D eigenvalue weighted by Gasteiger charge is 2.13. The molecule has 0 aromatic heterocycles. The minimum atomic E-state index is -0.850. The van der Waals surface area contributed by atoms with Gasteiger partial charge in [0, 0.05) is 6.54 Å². The summed E-state index contributed by atoms with van der Waals surface area (Å²) in [6.45, 7) is 1.80. The van der Waals surface area contributed by atoms with Crippen LogP contribution in [0.3, 0.4) is 0 Å². The first-order valence-corrected chi connectivity index (χ1v) is 3.01. The molecule has 0 bridgehead atoms. The van der Waals surface area contributed by atoms with Gasteiger partial charge < -0.3 is 0 Å². The van der Waals surface area contributed by atoms with Gasteiger partial charge in [-0.1, -0.05) is 0 Å². The third-order valence-electron chi connectivity index (χ3n) is 0.741. The molecule has 0 saturated heterocycles. The van der Waals surface area contributed by atoms with E-state index in [-0.39, 0.29) is 6.54 Å². The summed E-state index contributed by atoms with van der Waals surface area (Å²) in [5.41, 5.74) is 0. The summed E-state index contributed by atoms with van der Waals surface area (Å²) in [5, 5.41) is -1.70. The van der Waals surface area contributed by atoms with Gasteiger partial charge in [0.1, 0.15) is 0 Å². The molecule has 0 unspecified atom stereocenters. The molecule has 0 atom stereocenters. The molecular weight excluding hydrogens is 165 g/mol. The van der Waals surface area contributed by atoms with Gasteiger partial charge in [-0.25, -0.2) is 0 Å². The average molecular weight is 170 g/mol. The van der Waals surface area contributed by atoms with Crippen LogP contribution in [0.15, 0.2) is 0 Å². The predicted molar refractivity (Wildman–Crippen MR) is 34.9 cm³/mol. The zero-order valence-electron chi connectivity index (χ0n) is 4.73. The number of amides is 2. The van der Waals surface area contributed by atoms with E-state index in [0.717, 1.165) is 0 Å². The zero-order chi connectivity index (χ0) is 7.44. The number of hydrogen-bond acceptors (Lipinski definition) is 2. The molecule has 0 saturated carbocycles. The second-order valence-corrected chi connectivity index (χ2v) is 1.90. The van der Waals surface area contributed by atoms with Crippen LogP contribution in [0.2, 0.25) is 0 Å². The summed E-state index contributed by atoms with van der Waals surface area (Å²) in [6.07, 6.45) is 0. The number of nitrogens with zero attached hydrogens (tertiary/aromatic N) is 1. The molecule has 0 spiro atoms. The summed E-state index contributed by atoms with van der Waals surface area (Å²) < 4.78 is 0. The SMILES string of the molecule is CCN(C(=O)Cl)C(=O)Cl. The van der Waals surface area contributed by atoms with Gasteiger partial charge in [-0.2, -0.15) is 0 Å². The van der Waals surface area contributed by atoms with E-state index in [1.807, 2.05) is 0 Å². The number of rotatable bonds is 1. The topological polar surface area (TPSA) is 37.4 Å². The summed E-state index contributed by atoms with van der Waals surface area (Å²) in [7, 11) is 0. The van der Waals surface area contributed by atoms with Gasteiger partial charge in [0.05, 0.1) is 0 Å². The van der Waals surface area contributed by atoms with E-state index in [0.29, 0.717) is 4.90 Å². The van der Waals surface area contributed by atoms with Crippen LogP contribution in [0.5, 0.6) is 0 Å². The summed E-state index contributed by atoms with van der Waals surface area (Å²) in [5.74, 6) is 0. The Kier molecular flexibility index (Phi) is 3.58. The van der Waals surface area contributed by atoms with E-state index < -0.39 is 10.7 Å². The van der Waals surface area contributed by atoms with Gasteiger partial charge in [0.15, 0.2) is 0 Å². The lowest BCUT2D eigenvalue weighted by atomic mass is 10.7. The molecular formula is C4H5Cl2NO2. The molecule has 5 heteroatoms. The molecule has 0 aliphatic rings. The molecule has 0 aromatic rings. The van der Waals surface area contributed by atoms with Crippen molar-refractivity contribution in [2.24, 2.45) is 0 Å². The van der Waals surface area contributed by atoms with Crippen LogP contribution in [0, 0.1) is 0 Å². The maximum atomic E-state index is 10.2. The second kappa shape index (κ2) is 3.69. The lowest BCUT2D eigenvalue weighted by Crippen LogP contribution is -2.27. The number of carbonyl (C=O) groups is 2. The first-order chi connectivity index (χ1) is 4.09. The molecule has 0 radical (unpaired) electrons. The molecule has 0 aliphatic heterocycles. The van der Waals surface area contributed by atoms with Crippen molar-refractivity contribution in [2.45, 2.75) is 6.92 Å². The smallest absolute Gasteiger partial charge is 0.255 e. The maximum Gasteiger partial charge on any atom is 0.323 e. The molecule has 2 amide bonds. The van der Waals surface area contributed by atoms with Gasteiger partial charge in [0.25, 0.3) is 0 Å². The molecule has 0 heterocycles. The minimum Gasteiger partial charge on any atom is -0.255 e. The van der Waals surface area contributed by atoms with Gasteiger partial charge in [0.2, 0.25) is 0 Å². The standard InChI is InChI=1S/C4H5Cl2NO2/c1-2-7(3(5)8)4(6)9/h2H2,1H3. The first kappa shape index (κ1) is 8.72. The highest BCUT2D eigenvalue weighted by molar-refractivity contribution is 6.70. The Morgan fingerprint density at radius 3 is 1.67 bits per heavy atom. The Hall–Kier alpha value is -0.280. The van der Waals surface area contributed by atoms with Crippen molar-refractivity contribution in [3.63, 3.8) is 0 Å². The van der Waals surface area contributed by atoms with Crippen molar-refractivity contribution in [3.8, 4) is 0 Å². The monoisotopic (exact) mass is 169 g/mol. The number of halogens is 2. The molecule has 3 nitrogen and oxygen atoms in total. The van der Waals surface area contributed by atoms with E-state index in [1.165, 1.54) is 0 Å². The third-order valence-corrected chi connectivity index (χ3v) is 1.15. The summed E-state index contributed by atoms with van der Waals surface area (Å²) >= 11 is 9.84. The van der Waals surface area contributed by atoms with Gasteiger partial charge >= 0.3 is 10.7 Å². The molecule has 9 heavy (non-hydrogen) atoms. The highest BCUT2D eigenvalue weighted by atomic mass is 35.5. The van der Waals surface area contributed by atoms with E-state index >= 15 is 0 Å². The van der Waals surface area contributed by atoms with Crippen molar-refractivity contribution in [1.82, 2.24) is 4.90 Å². The number of hydrogen-bond donors (Lipinski definition) is 0. The molecule has 0 N–H and O–H groups in total. The average Bonchev–Trinajstić information content (AvgIpc) is 1.64. The number of carbonyl (C=O) groups excluding carboxylic acids is 2. The normalized spacial score (nSPS) is 8.78. The van der Waals surface area contributed by atoms with Crippen molar-refractivity contribution < 1.29 is 9.59 Å². The van der Waals surface area contributed by atoms with E-state index in [1.54, 1.807) is 6.92 Å². The second-order valence-electron chi connectivity index (χ2n) is 1.25. The van der Waals surface area contributed by atoms with E-state index in [9.17, 15) is 9.59 Å². The van der Waals surface area contributed by atoms with Crippen molar-refractivity contribution in [2.75, 3.05) is 6.54 Å². The van der Waals surface area contributed by atoms with Crippen molar-refractivity contribution in [3.05, 3.63) is 0 Å². The first-order valence-electron chi connectivity index (χ1n) is 2.26.